The number of nitrogens with zero attached hydrogens (tertiary/aromatic N) is 1. The number of carboxylic acids is 1. The van der Waals surface area contributed by atoms with Gasteiger partial charge in [-0.05, 0) is 6.08 Å². The van der Waals surface area contributed by atoms with E-state index < -0.39 is 29.7 Å². The van der Waals surface area contributed by atoms with Crippen molar-refractivity contribution in [2.24, 2.45) is 22.4 Å². The van der Waals surface area contributed by atoms with E-state index in [0.717, 1.165) is 12.3 Å². The quantitative estimate of drug-likeness (QED) is 0.466. The van der Waals surface area contributed by atoms with Crippen molar-refractivity contribution in [1.82, 2.24) is 0 Å². The Labute approximate surface area is 101 Å². The van der Waals surface area contributed by atoms with Crippen LogP contribution >= 0.6 is 11.6 Å². The zero-order valence-electron chi connectivity index (χ0n) is 8.64. The highest BCUT2D eigenvalue weighted by atomic mass is 35.5. The minimum absolute atomic E-state index is 0.104. The van der Waals surface area contributed by atoms with Gasteiger partial charge in [0.2, 0.25) is 5.91 Å². The molecular weight excluding hydrogens is 253 g/mol. The maximum Gasteiger partial charge on any atom is 0.321 e. The summed E-state index contributed by atoms with van der Waals surface area (Å²) in [5.41, 5.74) is 9.98. The summed E-state index contributed by atoms with van der Waals surface area (Å²) in [6.07, 6.45) is 1.65. The molecule has 8 heteroatoms. The van der Waals surface area contributed by atoms with Gasteiger partial charge in [0.1, 0.15) is 22.9 Å². The van der Waals surface area contributed by atoms with Crippen LogP contribution in [-0.4, -0.2) is 29.2 Å². The van der Waals surface area contributed by atoms with Gasteiger partial charge in [0.25, 0.3) is 0 Å². The van der Waals surface area contributed by atoms with E-state index in [1.807, 2.05) is 0 Å². The predicted molar refractivity (Wildman–Crippen MR) is 61.0 cm³/mol. The maximum absolute atomic E-state index is 13.4. The number of hydrogen-bond donors (Lipinski definition) is 3. The van der Waals surface area contributed by atoms with Crippen molar-refractivity contribution < 1.29 is 19.1 Å². The molecule has 5 N–H and O–H groups in total. The summed E-state index contributed by atoms with van der Waals surface area (Å²) >= 11 is 5.26. The predicted octanol–water partition coefficient (Wildman–Crippen LogP) is 0.134. The third-order valence-electron chi connectivity index (χ3n) is 1.70. The van der Waals surface area contributed by atoms with Crippen LogP contribution in [-0.2, 0) is 9.59 Å². The van der Waals surface area contributed by atoms with Crippen LogP contribution in [0.3, 0.4) is 0 Å². The number of primary amides is 1. The molecule has 0 fully saturated rings. The van der Waals surface area contributed by atoms with E-state index in [-0.39, 0.29) is 5.16 Å². The van der Waals surface area contributed by atoms with Gasteiger partial charge < -0.3 is 16.6 Å². The highest BCUT2D eigenvalue weighted by molar-refractivity contribution is 6.29. The lowest BCUT2D eigenvalue weighted by Gasteiger charge is -2.14. The maximum atomic E-state index is 13.4. The molecule has 0 spiro atoms. The first-order valence-corrected chi connectivity index (χ1v) is 4.67. The molecule has 0 aliphatic rings. The SMILES string of the molecule is C=C(Cl)/N=C\C=C(/F)[C@H](C(N)=O)[C@@H](N)C(=O)O. The molecule has 0 radical (unpaired) electrons. The zero-order valence-corrected chi connectivity index (χ0v) is 9.39. The third kappa shape index (κ3) is 5.23. The van der Waals surface area contributed by atoms with Gasteiger partial charge in [0, 0.05) is 6.21 Å². The van der Waals surface area contributed by atoms with Crippen molar-refractivity contribution in [3.8, 4) is 0 Å². The van der Waals surface area contributed by atoms with Crippen LogP contribution in [0.4, 0.5) is 4.39 Å². The number of amides is 1. The average molecular weight is 264 g/mol. The summed E-state index contributed by atoms with van der Waals surface area (Å²) in [6.45, 7) is 3.20. The lowest BCUT2D eigenvalue weighted by molar-refractivity contribution is -0.142. The zero-order chi connectivity index (χ0) is 13.6. The molecule has 0 rings (SSSR count). The lowest BCUT2D eigenvalue weighted by atomic mass is 9.98. The molecular formula is C9H11ClFN3O3. The van der Waals surface area contributed by atoms with E-state index in [1.54, 1.807) is 0 Å². The van der Waals surface area contributed by atoms with Crippen LogP contribution in [0.2, 0.25) is 0 Å². The van der Waals surface area contributed by atoms with Crippen molar-refractivity contribution in [3.05, 3.63) is 23.6 Å². The number of carbonyl (C=O) groups is 2. The molecule has 94 valence electrons. The van der Waals surface area contributed by atoms with Gasteiger partial charge in [0.15, 0.2) is 0 Å². The largest absolute Gasteiger partial charge is 0.480 e. The summed E-state index contributed by atoms with van der Waals surface area (Å²) in [6, 6.07) is -1.77. The fraction of sp³-hybridized carbons (Fsp3) is 0.222. The molecule has 0 heterocycles. The first-order chi connectivity index (χ1) is 7.77. The number of allylic oxidation sites excluding steroid dienone is 1. The molecule has 0 aliphatic heterocycles. The average Bonchev–Trinajstić information content (AvgIpc) is 2.16. The number of rotatable bonds is 6. The van der Waals surface area contributed by atoms with Crippen molar-refractivity contribution in [1.29, 1.82) is 0 Å². The third-order valence-corrected chi connectivity index (χ3v) is 1.79. The Bertz CT molecular complexity index is 395. The summed E-state index contributed by atoms with van der Waals surface area (Å²) in [5, 5.41) is 8.46. The van der Waals surface area contributed by atoms with Gasteiger partial charge in [-0.3, -0.25) is 9.59 Å². The van der Waals surface area contributed by atoms with E-state index in [9.17, 15) is 14.0 Å². The van der Waals surface area contributed by atoms with E-state index >= 15 is 0 Å². The number of carbonyl (C=O) groups excluding carboxylic acids is 1. The molecule has 6 nitrogen and oxygen atoms in total. The smallest absolute Gasteiger partial charge is 0.321 e. The van der Waals surface area contributed by atoms with Gasteiger partial charge in [0.05, 0.1) is 0 Å². The molecule has 17 heavy (non-hydrogen) atoms. The van der Waals surface area contributed by atoms with Crippen LogP contribution in [0.5, 0.6) is 0 Å². The Morgan fingerprint density at radius 2 is 2.06 bits per heavy atom. The highest BCUT2D eigenvalue weighted by Crippen LogP contribution is 2.15. The minimum atomic E-state index is -1.77. The van der Waals surface area contributed by atoms with Crippen molar-refractivity contribution in [2.45, 2.75) is 6.04 Å². The molecule has 1 amide bonds. The van der Waals surface area contributed by atoms with Crippen LogP contribution in [0, 0.1) is 5.92 Å². The molecule has 0 aromatic carbocycles. The molecule has 0 saturated heterocycles. The molecule has 0 aliphatic carbocycles. The number of aliphatic carboxylic acids is 1. The topological polar surface area (TPSA) is 119 Å². The first kappa shape index (κ1) is 15.3. The summed E-state index contributed by atoms with van der Waals surface area (Å²) in [5.74, 6) is -5.61. The van der Waals surface area contributed by atoms with Gasteiger partial charge in [-0.15, -0.1) is 0 Å². The van der Waals surface area contributed by atoms with Crippen LogP contribution < -0.4 is 11.5 Å². The standard InChI is InChI=1S/C9H11ClFN3O3/c1-4(10)14-3-2-5(11)6(8(13)15)7(12)9(16)17/h2-3,6-7H,1,12H2,(H2,13,15)(H,16,17)/b5-2-,14-3-/t6-,7+/m0/s1. The molecule has 0 aromatic heterocycles. The number of aliphatic imine (C=N–C) groups is 1. The Kier molecular flexibility index (Phi) is 6.08. The monoisotopic (exact) mass is 263 g/mol. The van der Waals surface area contributed by atoms with Gasteiger partial charge in [-0.1, -0.05) is 18.2 Å². The first-order valence-electron chi connectivity index (χ1n) is 4.29. The molecule has 0 aromatic rings. The second kappa shape index (κ2) is 6.77. The highest BCUT2D eigenvalue weighted by Gasteiger charge is 2.32. The lowest BCUT2D eigenvalue weighted by Crippen LogP contribution is -2.45. The van der Waals surface area contributed by atoms with Crippen LogP contribution in [0.15, 0.2) is 28.6 Å². The molecule has 0 unspecified atom stereocenters. The Morgan fingerprint density at radius 1 is 1.53 bits per heavy atom. The van der Waals surface area contributed by atoms with Gasteiger partial charge in [-0.2, -0.15) is 0 Å². The summed E-state index contributed by atoms with van der Waals surface area (Å²) < 4.78 is 13.4. The normalized spacial score (nSPS) is 15.6. The number of hydrogen-bond acceptors (Lipinski definition) is 4. The van der Waals surface area contributed by atoms with E-state index in [2.05, 4.69) is 11.6 Å². The van der Waals surface area contributed by atoms with E-state index in [0.29, 0.717) is 0 Å². The minimum Gasteiger partial charge on any atom is -0.480 e. The fourth-order valence-electron chi connectivity index (χ4n) is 0.920. The van der Waals surface area contributed by atoms with E-state index in [1.165, 1.54) is 0 Å². The summed E-state index contributed by atoms with van der Waals surface area (Å²) in [4.78, 5) is 24.8. The van der Waals surface area contributed by atoms with Gasteiger partial charge in [-0.25, -0.2) is 9.38 Å². The molecule has 0 bridgehead atoms. The van der Waals surface area contributed by atoms with Gasteiger partial charge >= 0.3 is 5.97 Å². The Hall–Kier alpha value is -1.73. The Balaban J connectivity index is 5.02. The van der Waals surface area contributed by atoms with Crippen molar-refractivity contribution in [3.63, 3.8) is 0 Å². The van der Waals surface area contributed by atoms with Crippen LogP contribution in [0.1, 0.15) is 0 Å². The fourth-order valence-corrected chi connectivity index (χ4v) is 0.976. The number of nitrogens with two attached hydrogens (primary N) is 2. The molecule has 2 atom stereocenters. The number of halogens is 2. The van der Waals surface area contributed by atoms with Crippen molar-refractivity contribution in [2.75, 3.05) is 0 Å². The summed E-state index contributed by atoms with van der Waals surface area (Å²) in [7, 11) is 0. The van der Waals surface area contributed by atoms with Crippen LogP contribution in [0.25, 0.3) is 0 Å². The second-order valence-corrected chi connectivity index (χ2v) is 3.39. The van der Waals surface area contributed by atoms with E-state index in [4.69, 9.17) is 28.2 Å². The van der Waals surface area contributed by atoms with Crippen molar-refractivity contribution >= 4 is 29.7 Å². The number of carboxylic acid groups (broad SMARTS) is 1. The molecule has 0 saturated carbocycles. The Morgan fingerprint density at radius 3 is 2.41 bits per heavy atom. The second-order valence-electron chi connectivity index (χ2n) is 2.95.